The van der Waals surface area contributed by atoms with Gasteiger partial charge in [-0.05, 0) is 48.9 Å². The van der Waals surface area contributed by atoms with Crippen LogP contribution in [0.1, 0.15) is 30.2 Å². The van der Waals surface area contributed by atoms with Gasteiger partial charge >= 0.3 is 0 Å². The summed E-state index contributed by atoms with van der Waals surface area (Å²) in [6.07, 6.45) is 2.05. The smallest absolute Gasteiger partial charge is 0.227 e. The summed E-state index contributed by atoms with van der Waals surface area (Å²) in [5.41, 5.74) is 0.440. The van der Waals surface area contributed by atoms with Crippen LogP contribution in [0.2, 0.25) is 0 Å². The minimum absolute atomic E-state index is 0.000978. The molecule has 2 heterocycles. The van der Waals surface area contributed by atoms with Crippen molar-refractivity contribution in [1.82, 2.24) is 10.2 Å². The van der Waals surface area contributed by atoms with Crippen molar-refractivity contribution in [2.45, 2.75) is 32.7 Å². The third kappa shape index (κ3) is 4.89. The predicted molar refractivity (Wildman–Crippen MR) is 107 cm³/mol. The van der Waals surface area contributed by atoms with E-state index in [-0.39, 0.29) is 11.8 Å². The molecule has 1 fully saturated rings. The van der Waals surface area contributed by atoms with Crippen LogP contribution in [0, 0.1) is 5.41 Å². The Kier molecular flexibility index (Phi) is 6.16. The third-order valence-electron chi connectivity index (χ3n) is 5.09. The summed E-state index contributed by atoms with van der Waals surface area (Å²) < 4.78 is 5.23. The highest BCUT2D eigenvalue weighted by atomic mass is 32.1. The van der Waals surface area contributed by atoms with E-state index in [9.17, 15) is 9.59 Å². The highest BCUT2D eigenvalue weighted by molar-refractivity contribution is 7.10. The zero-order chi connectivity index (χ0) is 19.3. The van der Waals surface area contributed by atoms with E-state index in [0.717, 1.165) is 35.6 Å². The van der Waals surface area contributed by atoms with E-state index in [0.29, 0.717) is 19.5 Å². The van der Waals surface area contributed by atoms with Crippen molar-refractivity contribution < 1.29 is 14.3 Å². The molecule has 1 saturated heterocycles. The maximum atomic E-state index is 12.9. The van der Waals surface area contributed by atoms with Crippen molar-refractivity contribution in [3.63, 3.8) is 0 Å². The number of piperidine rings is 1. The largest absolute Gasteiger partial charge is 0.497 e. The summed E-state index contributed by atoms with van der Waals surface area (Å²) in [7, 11) is 1.63. The molecule has 0 saturated carbocycles. The molecule has 0 spiro atoms. The Balaban J connectivity index is 1.58. The molecule has 3 rings (SSSR count). The second-order valence-electron chi connectivity index (χ2n) is 7.27. The van der Waals surface area contributed by atoms with E-state index in [1.807, 2.05) is 53.6 Å². The molecule has 2 aromatic rings. The van der Waals surface area contributed by atoms with E-state index in [1.165, 1.54) is 0 Å². The summed E-state index contributed by atoms with van der Waals surface area (Å²) in [5, 5.41) is 5.02. The van der Waals surface area contributed by atoms with Gasteiger partial charge in [0.1, 0.15) is 5.75 Å². The predicted octanol–water partition coefficient (Wildman–Crippen LogP) is 3.24. The summed E-state index contributed by atoms with van der Waals surface area (Å²) in [6.45, 7) is 3.61. The van der Waals surface area contributed by atoms with Gasteiger partial charge in [-0.15, -0.1) is 11.3 Å². The number of benzene rings is 1. The van der Waals surface area contributed by atoms with Gasteiger partial charge in [0.05, 0.1) is 18.9 Å². The van der Waals surface area contributed by atoms with E-state index in [1.54, 1.807) is 18.4 Å². The van der Waals surface area contributed by atoms with Gasteiger partial charge in [0.15, 0.2) is 0 Å². The van der Waals surface area contributed by atoms with Crippen LogP contribution in [-0.4, -0.2) is 36.9 Å². The number of ether oxygens (including phenoxy) is 1. The molecule has 0 bridgehead atoms. The lowest BCUT2D eigenvalue weighted by molar-refractivity contribution is -0.140. The molecular formula is C21H26N2O3S. The van der Waals surface area contributed by atoms with Crippen molar-refractivity contribution in [3.05, 3.63) is 52.2 Å². The first kappa shape index (κ1) is 19.4. The van der Waals surface area contributed by atoms with E-state index in [4.69, 9.17) is 4.74 Å². The van der Waals surface area contributed by atoms with Gasteiger partial charge in [0.2, 0.25) is 11.8 Å². The fourth-order valence-corrected chi connectivity index (χ4v) is 4.19. The molecule has 0 radical (unpaired) electrons. The van der Waals surface area contributed by atoms with Crippen LogP contribution in [0.25, 0.3) is 0 Å². The summed E-state index contributed by atoms with van der Waals surface area (Å²) >= 11 is 1.59. The summed E-state index contributed by atoms with van der Waals surface area (Å²) in [6, 6.07) is 11.6. The number of nitrogens with zero attached hydrogens (tertiary/aromatic N) is 1. The topological polar surface area (TPSA) is 58.6 Å². The van der Waals surface area contributed by atoms with Crippen molar-refractivity contribution >= 4 is 23.2 Å². The number of methoxy groups -OCH3 is 1. The zero-order valence-corrected chi connectivity index (χ0v) is 16.7. The number of hydrogen-bond acceptors (Lipinski definition) is 4. The van der Waals surface area contributed by atoms with E-state index >= 15 is 0 Å². The molecule has 27 heavy (non-hydrogen) atoms. The van der Waals surface area contributed by atoms with Crippen LogP contribution < -0.4 is 10.1 Å². The lowest BCUT2D eigenvalue weighted by Gasteiger charge is -2.39. The molecule has 1 aromatic heterocycles. The number of likely N-dealkylation sites (tertiary alicyclic amines) is 1. The first-order valence-electron chi connectivity index (χ1n) is 9.21. The molecule has 0 aliphatic carbocycles. The first-order chi connectivity index (χ1) is 13.0. The molecule has 1 aliphatic rings. The molecule has 1 N–H and O–H groups in total. The molecule has 5 nitrogen and oxygen atoms in total. The van der Waals surface area contributed by atoms with Crippen LogP contribution in [-0.2, 0) is 22.6 Å². The maximum absolute atomic E-state index is 12.9. The minimum Gasteiger partial charge on any atom is -0.497 e. The Morgan fingerprint density at radius 3 is 2.89 bits per heavy atom. The van der Waals surface area contributed by atoms with E-state index in [2.05, 4.69) is 5.32 Å². The number of amides is 2. The highest BCUT2D eigenvalue weighted by Crippen LogP contribution is 2.30. The van der Waals surface area contributed by atoms with Crippen molar-refractivity contribution in [3.8, 4) is 5.75 Å². The number of carbonyl (C=O) groups excluding carboxylic acids is 2. The molecule has 2 amide bonds. The van der Waals surface area contributed by atoms with Crippen LogP contribution in [0.3, 0.4) is 0 Å². The molecule has 1 aromatic carbocycles. The molecule has 1 atom stereocenters. The van der Waals surface area contributed by atoms with Gasteiger partial charge in [0.25, 0.3) is 0 Å². The Bertz CT molecular complexity index is 790. The van der Waals surface area contributed by atoms with Crippen molar-refractivity contribution in [2.75, 3.05) is 20.2 Å². The van der Waals surface area contributed by atoms with Gasteiger partial charge in [-0.2, -0.15) is 0 Å². The lowest BCUT2D eigenvalue weighted by Crippen LogP contribution is -2.52. The normalized spacial score (nSPS) is 19.6. The van der Waals surface area contributed by atoms with Gasteiger partial charge in [-0.1, -0.05) is 18.2 Å². The zero-order valence-electron chi connectivity index (χ0n) is 15.9. The average molecular weight is 387 g/mol. The highest BCUT2D eigenvalue weighted by Gasteiger charge is 2.39. The van der Waals surface area contributed by atoms with Crippen molar-refractivity contribution in [2.24, 2.45) is 5.41 Å². The maximum Gasteiger partial charge on any atom is 0.227 e. The average Bonchev–Trinajstić information content (AvgIpc) is 3.19. The Morgan fingerprint density at radius 2 is 2.15 bits per heavy atom. The van der Waals surface area contributed by atoms with Gasteiger partial charge in [0, 0.05) is 24.5 Å². The fourth-order valence-electron chi connectivity index (χ4n) is 3.49. The summed E-state index contributed by atoms with van der Waals surface area (Å²) in [4.78, 5) is 28.4. The van der Waals surface area contributed by atoms with Crippen LogP contribution in [0.4, 0.5) is 0 Å². The number of carbonyl (C=O) groups is 2. The standard InChI is InChI=1S/C21H26N2O3S/c1-21(20(25)22-14-16-6-3-7-17(12-16)26-2)9-5-10-23(15-21)19(24)13-18-8-4-11-27-18/h3-4,6-8,11-12H,5,9-10,13-15H2,1-2H3,(H,22,25)/t21-/m1/s1. The second-order valence-corrected chi connectivity index (χ2v) is 8.30. The number of rotatable bonds is 6. The molecule has 1 aliphatic heterocycles. The Labute approximate surface area is 164 Å². The van der Waals surface area contributed by atoms with Crippen LogP contribution in [0.5, 0.6) is 5.75 Å². The molecule has 6 heteroatoms. The Hall–Kier alpha value is -2.34. The van der Waals surface area contributed by atoms with Crippen LogP contribution in [0.15, 0.2) is 41.8 Å². The number of hydrogen-bond donors (Lipinski definition) is 1. The number of nitrogens with one attached hydrogen (secondary N) is 1. The van der Waals surface area contributed by atoms with Crippen molar-refractivity contribution in [1.29, 1.82) is 0 Å². The third-order valence-corrected chi connectivity index (χ3v) is 5.97. The quantitative estimate of drug-likeness (QED) is 0.829. The van der Waals surface area contributed by atoms with E-state index < -0.39 is 5.41 Å². The Morgan fingerprint density at radius 1 is 1.30 bits per heavy atom. The monoisotopic (exact) mass is 386 g/mol. The first-order valence-corrected chi connectivity index (χ1v) is 10.1. The van der Waals surface area contributed by atoms with Crippen LogP contribution >= 0.6 is 11.3 Å². The van der Waals surface area contributed by atoms with Gasteiger partial charge in [-0.25, -0.2) is 0 Å². The minimum atomic E-state index is -0.553. The SMILES string of the molecule is COc1cccc(CNC(=O)[C@]2(C)CCCN(C(=O)Cc3cccs3)C2)c1. The second kappa shape index (κ2) is 8.57. The summed E-state index contributed by atoms with van der Waals surface area (Å²) in [5.74, 6) is 0.874. The molecular weight excluding hydrogens is 360 g/mol. The van der Waals surface area contributed by atoms with Gasteiger partial charge in [-0.3, -0.25) is 9.59 Å². The number of thiophene rings is 1. The fraction of sp³-hybridized carbons (Fsp3) is 0.429. The molecule has 144 valence electrons. The molecule has 0 unspecified atom stereocenters. The van der Waals surface area contributed by atoms with Gasteiger partial charge < -0.3 is 15.0 Å². The lowest BCUT2D eigenvalue weighted by atomic mass is 9.80.